The Morgan fingerprint density at radius 1 is 1.35 bits per heavy atom. The van der Waals surface area contributed by atoms with Gasteiger partial charge in [-0.2, -0.15) is 0 Å². The van der Waals surface area contributed by atoms with Crippen LogP contribution in [0.4, 0.5) is 5.69 Å². The summed E-state index contributed by atoms with van der Waals surface area (Å²) in [4.78, 5) is 23.4. The van der Waals surface area contributed by atoms with Crippen LogP contribution in [-0.2, 0) is 9.59 Å². The highest BCUT2D eigenvalue weighted by atomic mass is 16.4. The maximum absolute atomic E-state index is 12.3. The summed E-state index contributed by atoms with van der Waals surface area (Å²) in [6, 6.07) is 7.78. The lowest BCUT2D eigenvalue weighted by atomic mass is 9.90. The van der Waals surface area contributed by atoms with Gasteiger partial charge in [-0.25, -0.2) is 0 Å². The molecule has 1 unspecified atom stereocenters. The summed E-state index contributed by atoms with van der Waals surface area (Å²) in [5.74, 6) is -1.05. The number of benzene rings is 1. The first-order valence-electron chi connectivity index (χ1n) is 6.96. The molecule has 1 aliphatic heterocycles. The molecule has 1 fully saturated rings. The van der Waals surface area contributed by atoms with Crippen LogP contribution in [0.25, 0.3) is 0 Å². The average Bonchev–Trinajstić information content (AvgIpc) is 3.25. The number of fused-ring (bicyclic) bond motifs is 1. The molecule has 3 rings (SSSR count). The van der Waals surface area contributed by atoms with E-state index >= 15 is 0 Å². The lowest BCUT2D eigenvalue weighted by Crippen LogP contribution is -2.38. The number of amides is 1. The van der Waals surface area contributed by atoms with Crippen molar-refractivity contribution in [3.8, 4) is 0 Å². The molecule has 2 aliphatic rings. The molecular formula is C15H18N2O3. The third kappa shape index (κ3) is 2.24. The number of nitrogens with one attached hydrogen (secondary N) is 2. The molecule has 5 nitrogen and oxygen atoms in total. The highest BCUT2D eigenvalue weighted by Crippen LogP contribution is 2.45. The van der Waals surface area contributed by atoms with Gasteiger partial charge in [-0.05, 0) is 30.9 Å². The number of rotatable bonds is 4. The number of carboxylic acid groups (broad SMARTS) is 1. The molecule has 0 spiro atoms. The van der Waals surface area contributed by atoms with Crippen molar-refractivity contribution in [1.29, 1.82) is 0 Å². The van der Waals surface area contributed by atoms with Gasteiger partial charge in [0.2, 0.25) is 5.91 Å². The van der Waals surface area contributed by atoms with Crippen molar-refractivity contribution in [1.82, 2.24) is 5.32 Å². The van der Waals surface area contributed by atoms with E-state index in [0.717, 1.165) is 24.2 Å². The Hall–Kier alpha value is -2.04. The number of anilines is 1. The maximum Gasteiger partial charge on any atom is 0.311 e. The number of carboxylic acids is 1. The Morgan fingerprint density at radius 2 is 2.10 bits per heavy atom. The van der Waals surface area contributed by atoms with Gasteiger partial charge in [0.1, 0.15) is 0 Å². The highest BCUT2D eigenvalue weighted by molar-refractivity contribution is 5.87. The van der Waals surface area contributed by atoms with E-state index in [2.05, 4.69) is 10.6 Å². The van der Waals surface area contributed by atoms with Crippen molar-refractivity contribution in [2.45, 2.75) is 25.2 Å². The van der Waals surface area contributed by atoms with E-state index in [1.165, 1.54) is 0 Å². The van der Waals surface area contributed by atoms with Crippen molar-refractivity contribution in [3.63, 3.8) is 0 Å². The second-order valence-corrected chi connectivity index (χ2v) is 5.66. The fraction of sp³-hybridized carbons (Fsp3) is 0.467. The Morgan fingerprint density at radius 3 is 2.80 bits per heavy atom. The van der Waals surface area contributed by atoms with Gasteiger partial charge in [-0.3, -0.25) is 9.59 Å². The Labute approximate surface area is 117 Å². The summed E-state index contributed by atoms with van der Waals surface area (Å²) in [5, 5.41) is 15.2. The van der Waals surface area contributed by atoms with E-state index in [1.54, 1.807) is 0 Å². The molecule has 5 heteroatoms. The predicted octanol–water partition coefficient (Wildman–Crippen LogP) is 1.57. The largest absolute Gasteiger partial charge is 0.481 e. The zero-order chi connectivity index (χ0) is 14.2. The number of hydrogen-bond acceptors (Lipinski definition) is 3. The second-order valence-electron chi connectivity index (χ2n) is 5.66. The molecule has 3 N–H and O–H groups in total. The third-order valence-corrected chi connectivity index (χ3v) is 4.31. The average molecular weight is 274 g/mol. The topological polar surface area (TPSA) is 78.4 Å². The van der Waals surface area contributed by atoms with Gasteiger partial charge in [-0.15, -0.1) is 0 Å². The predicted molar refractivity (Wildman–Crippen MR) is 74.6 cm³/mol. The zero-order valence-corrected chi connectivity index (χ0v) is 11.2. The van der Waals surface area contributed by atoms with Gasteiger partial charge < -0.3 is 15.7 Å². The van der Waals surface area contributed by atoms with Gasteiger partial charge in [0, 0.05) is 18.8 Å². The standard InChI is InChI=1S/C15H18N2O3/c18-13(17-9-15(6-7-15)14(19)20)11-5-8-16-12-4-2-1-3-10(11)12/h1-4,11,16H,5-9H2,(H,17,18)(H,19,20). The van der Waals surface area contributed by atoms with Gasteiger partial charge in [0.15, 0.2) is 0 Å². The molecular weight excluding hydrogens is 256 g/mol. The van der Waals surface area contributed by atoms with E-state index in [9.17, 15) is 9.59 Å². The van der Waals surface area contributed by atoms with Crippen LogP contribution in [0.2, 0.25) is 0 Å². The summed E-state index contributed by atoms with van der Waals surface area (Å²) in [6.45, 7) is 1.01. The number of para-hydroxylation sites is 1. The van der Waals surface area contributed by atoms with Crippen molar-refractivity contribution in [2.75, 3.05) is 18.4 Å². The van der Waals surface area contributed by atoms with Crippen LogP contribution in [0.5, 0.6) is 0 Å². The molecule has 1 amide bonds. The smallest absolute Gasteiger partial charge is 0.311 e. The van der Waals surface area contributed by atoms with Crippen LogP contribution in [0.3, 0.4) is 0 Å². The Bertz CT molecular complexity index is 552. The molecule has 0 radical (unpaired) electrons. The van der Waals surface area contributed by atoms with E-state index in [4.69, 9.17) is 5.11 Å². The molecule has 1 aromatic carbocycles. The summed E-state index contributed by atoms with van der Waals surface area (Å²) >= 11 is 0. The molecule has 1 atom stereocenters. The fourth-order valence-corrected chi connectivity index (χ4v) is 2.74. The lowest BCUT2D eigenvalue weighted by molar-refractivity contribution is -0.143. The molecule has 0 saturated heterocycles. The van der Waals surface area contributed by atoms with Gasteiger partial charge in [-0.1, -0.05) is 18.2 Å². The molecule has 1 aliphatic carbocycles. The number of carbonyl (C=O) groups is 2. The number of hydrogen-bond donors (Lipinski definition) is 3. The minimum Gasteiger partial charge on any atom is -0.481 e. The van der Waals surface area contributed by atoms with Crippen molar-refractivity contribution in [2.24, 2.45) is 5.41 Å². The van der Waals surface area contributed by atoms with Crippen LogP contribution in [0.15, 0.2) is 24.3 Å². The SMILES string of the molecule is O=C(NCC1(C(=O)O)CC1)C1CCNc2ccccc21. The first-order chi connectivity index (χ1) is 9.62. The van der Waals surface area contributed by atoms with Crippen LogP contribution in [0, 0.1) is 5.41 Å². The Kier molecular flexibility index (Phi) is 3.12. The van der Waals surface area contributed by atoms with Crippen LogP contribution < -0.4 is 10.6 Å². The minimum absolute atomic E-state index is 0.0634. The lowest BCUT2D eigenvalue weighted by Gasteiger charge is -2.26. The van der Waals surface area contributed by atoms with Crippen molar-refractivity contribution < 1.29 is 14.7 Å². The molecule has 1 heterocycles. The zero-order valence-electron chi connectivity index (χ0n) is 11.2. The minimum atomic E-state index is -0.802. The Balaban J connectivity index is 1.68. The van der Waals surface area contributed by atoms with Gasteiger partial charge >= 0.3 is 5.97 Å². The van der Waals surface area contributed by atoms with E-state index in [-0.39, 0.29) is 18.4 Å². The quantitative estimate of drug-likeness (QED) is 0.778. The van der Waals surface area contributed by atoms with Crippen LogP contribution >= 0.6 is 0 Å². The van der Waals surface area contributed by atoms with E-state index in [0.29, 0.717) is 12.8 Å². The normalized spacial score (nSPS) is 22.3. The summed E-state index contributed by atoms with van der Waals surface area (Å²) < 4.78 is 0. The van der Waals surface area contributed by atoms with E-state index in [1.807, 2.05) is 24.3 Å². The second kappa shape index (κ2) is 4.81. The monoisotopic (exact) mass is 274 g/mol. The fourth-order valence-electron chi connectivity index (χ4n) is 2.74. The first kappa shape index (κ1) is 13.0. The van der Waals surface area contributed by atoms with Crippen molar-refractivity contribution in [3.05, 3.63) is 29.8 Å². The summed E-state index contributed by atoms with van der Waals surface area (Å²) in [6.07, 6.45) is 2.06. The molecule has 0 bridgehead atoms. The number of aliphatic carboxylic acids is 1. The van der Waals surface area contributed by atoms with Crippen LogP contribution in [-0.4, -0.2) is 30.1 Å². The molecule has 1 aromatic rings. The molecule has 106 valence electrons. The molecule has 20 heavy (non-hydrogen) atoms. The van der Waals surface area contributed by atoms with Gasteiger partial charge in [0.05, 0.1) is 11.3 Å². The highest BCUT2D eigenvalue weighted by Gasteiger charge is 2.50. The third-order valence-electron chi connectivity index (χ3n) is 4.31. The molecule has 0 aromatic heterocycles. The number of carbonyl (C=O) groups excluding carboxylic acids is 1. The maximum atomic E-state index is 12.3. The van der Waals surface area contributed by atoms with Crippen molar-refractivity contribution >= 4 is 17.6 Å². The van der Waals surface area contributed by atoms with Crippen LogP contribution in [0.1, 0.15) is 30.7 Å². The first-order valence-corrected chi connectivity index (χ1v) is 6.96. The van der Waals surface area contributed by atoms with E-state index < -0.39 is 11.4 Å². The molecule has 1 saturated carbocycles. The van der Waals surface area contributed by atoms with Gasteiger partial charge in [0.25, 0.3) is 0 Å². The summed E-state index contributed by atoms with van der Waals surface area (Å²) in [7, 11) is 0. The summed E-state index contributed by atoms with van der Waals surface area (Å²) in [5.41, 5.74) is 1.29.